The van der Waals surface area contributed by atoms with Crippen molar-refractivity contribution in [1.82, 2.24) is 25.2 Å². The van der Waals surface area contributed by atoms with Crippen molar-refractivity contribution in [3.05, 3.63) is 11.9 Å². The van der Waals surface area contributed by atoms with Gasteiger partial charge in [0.1, 0.15) is 0 Å². The van der Waals surface area contributed by atoms with Crippen LogP contribution in [-0.2, 0) is 13.1 Å². The smallest absolute Gasteiger partial charge is 0.0964 e. The molecule has 2 saturated carbocycles. The highest BCUT2D eigenvalue weighted by atomic mass is 15.4. The van der Waals surface area contributed by atoms with Gasteiger partial charge in [-0.25, -0.2) is 0 Å². The van der Waals surface area contributed by atoms with Gasteiger partial charge < -0.3 is 5.32 Å². The van der Waals surface area contributed by atoms with E-state index in [-0.39, 0.29) is 0 Å². The van der Waals surface area contributed by atoms with Crippen LogP contribution in [0.4, 0.5) is 0 Å². The molecule has 5 nitrogen and oxygen atoms in total. The first-order valence-electron chi connectivity index (χ1n) is 8.75. The van der Waals surface area contributed by atoms with Gasteiger partial charge in [-0.3, -0.25) is 9.58 Å². The molecule has 2 heterocycles. The first kappa shape index (κ1) is 13.7. The van der Waals surface area contributed by atoms with E-state index in [0.717, 1.165) is 43.3 Å². The molecule has 2 atom stereocenters. The van der Waals surface area contributed by atoms with E-state index in [2.05, 4.69) is 26.7 Å². The third-order valence-corrected chi connectivity index (χ3v) is 5.46. The number of likely N-dealkylation sites (tertiary alicyclic amines) is 1. The number of hydrogen-bond acceptors (Lipinski definition) is 4. The van der Waals surface area contributed by atoms with Crippen LogP contribution in [0.5, 0.6) is 0 Å². The molecule has 0 amide bonds. The van der Waals surface area contributed by atoms with Crippen LogP contribution in [0.25, 0.3) is 0 Å². The van der Waals surface area contributed by atoms with Crippen LogP contribution in [0.2, 0.25) is 0 Å². The van der Waals surface area contributed by atoms with E-state index in [1.54, 1.807) is 0 Å². The Labute approximate surface area is 127 Å². The van der Waals surface area contributed by atoms with Gasteiger partial charge in [-0.2, -0.15) is 0 Å². The first-order chi connectivity index (χ1) is 10.4. The molecule has 1 aromatic heterocycles. The molecule has 0 radical (unpaired) electrons. The second-order valence-electron chi connectivity index (χ2n) is 7.06. The molecule has 2 aliphatic carbocycles. The summed E-state index contributed by atoms with van der Waals surface area (Å²) in [6.07, 6.45) is 11.9. The molecule has 0 bridgehead atoms. The molecule has 4 rings (SSSR count). The zero-order chi connectivity index (χ0) is 14.1. The molecule has 116 valence electrons. The summed E-state index contributed by atoms with van der Waals surface area (Å²) in [5, 5.41) is 12.1. The zero-order valence-corrected chi connectivity index (χ0v) is 12.9. The van der Waals surface area contributed by atoms with E-state index in [9.17, 15) is 0 Å². The second kappa shape index (κ2) is 6.05. The van der Waals surface area contributed by atoms with Crippen molar-refractivity contribution in [1.29, 1.82) is 0 Å². The number of nitrogens with one attached hydrogen (secondary N) is 1. The molecule has 3 fully saturated rings. The maximum atomic E-state index is 4.28. The van der Waals surface area contributed by atoms with E-state index in [4.69, 9.17) is 0 Å². The summed E-state index contributed by atoms with van der Waals surface area (Å²) in [4.78, 5) is 2.71. The van der Waals surface area contributed by atoms with Crippen molar-refractivity contribution < 1.29 is 0 Å². The van der Waals surface area contributed by atoms with Gasteiger partial charge in [0.05, 0.1) is 12.2 Å². The predicted molar refractivity (Wildman–Crippen MR) is 81.8 cm³/mol. The van der Waals surface area contributed by atoms with E-state index in [1.807, 2.05) is 4.68 Å². The lowest BCUT2D eigenvalue weighted by Gasteiger charge is -2.37. The van der Waals surface area contributed by atoms with Crippen LogP contribution in [-0.4, -0.2) is 45.1 Å². The maximum absolute atomic E-state index is 4.28. The standard InChI is InChI=1S/C16H27N5/c1-3-13-4-2-8-20(16(13)5-1)9-10-21-12-15(18-19-21)11-17-14-6-7-14/h12-14,16-17H,1-11H2. The summed E-state index contributed by atoms with van der Waals surface area (Å²) >= 11 is 0. The van der Waals surface area contributed by atoms with Crippen LogP contribution in [0.15, 0.2) is 6.20 Å². The summed E-state index contributed by atoms with van der Waals surface area (Å²) in [6.45, 7) is 4.28. The van der Waals surface area contributed by atoms with Crippen molar-refractivity contribution in [2.24, 2.45) is 5.92 Å². The molecule has 3 aliphatic rings. The third kappa shape index (κ3) is 3.29. The van der Waals surface area contributed by atoms with Gasteiger partial charge >= 0.3 is 0 Å². The molecular formula is C16H27N5. The van der Waals surface area contributed by atoms with Gasteiger partial charge in [-0.1, -0.05) is 11.6 Å². The number of aromatic nitrogens is 3. The van der Waals surface area contributed by atoms with Gasteiger partial charge in [-0.15, -0.1) is 5.10 Å². The Morgan fingerprint density at radius 2 is 2.00 bits per heavy atom. The normalized spacial score (nSPS) is 29.7. The van der Waals surface area contributed by atoms with Crippen molar-refractivity contribution in [2.75, 3.05) is 13.1 Å². The second-order valence-corrected chi connectivity index (χ2v) is 7.06. The average molecular weight is 289 g/mol. The molecular weight excluding hydrogens is 262 g/mol. The van der Waals surface area contributed by atoms with E-state index in [0.29, 0.717) is 0 Å². The van der Waals surface area contributed by atoms with E-state index >= 15 is 0 Å². The van der Waals surface area contributed by atoms with Gasteiger partial charge in [-0.05, 0) is 51.0 Å². The Morgan fingerprint density at radius 1 is 1.10 bits per heavy atom. The van der Waals surface area contributed by atoms with E-state index < -0.39 is 0 Å². The Hall–Kier alpha value is -0.940. The maximum Gasteiger partial charge on any atom is 0.0964 e. The number of rotatable bonds is 6. The summed E-state index contributed by atoms with van der Waals surface area (Å²) in [6, 6.07) is 1.60. The molecule has 5 heteroatoms. The van der Waals surface area contributed by atoms with Crippen molar-refractivity contribution in [3.8, 4) is 0 Å². The van der Waals surface area contributed by atoms with Crippen molar-refractivity contribution in [2.45, 2.75) is 70.1 Å². The molecule has 0 spiro atoms. The third-order valence-electron chi connectivity index (χ3n) is 5.46. The summed E-state index contributed by atoms with van der Waals surface area (Å²) in [7, 11) is 0. The SMILES string of the molecule is c1c(CNC2CC2)nnn1CCN1CCCC2CCCC21. The summed E-state index contributed by atoms with van der Waals surface area (Å²) in [5.74, 6) is 0.979. The molecule has 0 aromatic carbocycles. The highest BCUT2D eigenvalue weighted by molar-refractivity contribution is 4.94. The zero-order valence-electron chi connectivity index (χ0n) is 12.9. The molecule has 2 unspecified atom stereocenters. The molecule has 1 N–H and O–H groups in total. The number of hydrogen-bond donors (Lipinski definition) is 1. The lowest BCUT2D eigenvalue weighted by atomic mass is 9.92. The first-order valence-corrected chi connectivity index (χ1v) is 8.75. The fourth-order valence-corrected chi connectivity index (χ4v) is 4.13. The molecule has 21 heavy (non-hydrogen) atoms. The number of fused-ring (bicyclic) bond motifs is 1. The monoisotopic (exact) mass is 289 g/mol. The fraction of sp³-hybridized carbons (Fsp3) is 0.875. The Morgan fingerprint density at radius 3 is 2.90 bits per heavy atom. The van der Waals surface area contributed by atoms with Crippen molar-refractivity contribution >= 4 is 0 Å². The van der Waals surface area contributed by atoms with Crippen molar-refractivity contribution in [3.63, 3.8) is 0 Å². The van der Waals surface area contributed by atoms with Gasteiger partial charge in [0.2, 0.25) is 0 Å². The lowest BCUT2D eigenvalue weighted by Crippen LogP contribution is -2.43. The van der Waals surface area contributed by atoms with Gasteiger partial charge in [0.15, 0.2) is 0 Å². The molecule has 1 saturated heterocycles. The van der Waals surface area contributed by atoms with Gasteiger partial charge in [0, 0.05) is 31.4 Å². The van der Waals surface area contributed by atoms with Gasteiger partial charge in [0.25, 0.3) is 0 Å². The van der Waals surface area contributed by atoms with Crippen LogP contribution < -0.4 is 5.32 Å². The van der Waals surface area contributed by atoms with E-state index in [1.165, 1.54) is 51.5 Å². The highest BCUT2D eigenvalue weighted by Crippen LogP contribution is 2.36. The minimum Gasteiger partial charge on any atom is -0.308 e. The quantitative estimate of drug-likeness (QED) is 0.867. The summed E-state index contributed by atoms with van der Waals surface area (Å²) < 4.78 is 2.03. The van der Waals surface area contributed by atoms with Crippen LogP contribution in [0, 0.1) is 5.92 Å². The minimum atomic E-state index is 0.739. The fourth-order valence-electron chi connectivity index (χ4n) is 4.13. The largest absolute Gasteiger partial charge is 0.308 e. The minimum absolute atomic E-state index is 0.739. The molecule has 1 aromatic rings. The topological polar surface area (TPSA) is 46.0 Å². The predicted octanol–water partition coefficient (Wildman–Crippen LogP) is 1.79. The number of nitrogens with zero attached hydrogens (tertiary/aromatic N) is 4. The number of piperidine rings is 1. The average Bonchev–Trinajstić information content (AvgIpc) is 3.02. The lowest BCUT2D eigenvalue weighted by molar-refractivity contribution is 0.107. The van der Waals surface area contributed by atoms with Crippen LogP contribution in [0.3, 0.4) is 0 Å². The highest BCUT2D eigenvalue weighted by Gasteiger charge is 2.34. The Balaban J connectivity index is 1.27. The Bertz CT molecular complexity index is 467. The van der Waals surface area contributed by atoms with Crippen LogP contribution >= 0.6 is 0 Å². The summed E-state index contributed by atoms with van der Waals surface area (Å²) in [5.41, 5.74) is 1.08. The Kier molecular flexibility index (Phi) is 3.95. The molecule has 1 aliphatic heterocycles. The van der Waals surface area contributed by atoms with Crippen LogP contribution in [0.1, 0.15) is 50.6 Å².